The molecule has 0 radical (unpaired) electrons. The van der Waals surface area contributed by atoms with Crippen LogP contribution >= 0.6 is 0 Å². The fourth-order valence-corrected chi connectivity index (χ4v) is 8.45. The molecule has 5 unspecified atom stereocenters. The maximum Gasteiger partial charge on any atom is 0.343 e. The maximum absolute atomic E-state index is 13.1. The second kappa shape index (κ2) is 11.8. The molecule has 2 aromatic rings. The minimum atomic E-state index is -0.803. The number of nitrogens with two attached hydrogens (primary N) is 1. The summed E-state index contributed by atoms with van der Waals surface area (Å²) in [5, 5.41) is 28.1. The number of guanidine groups is 1. The Kier molecular flexibility index (Phi) is 7.97. The number of rotatable bonds is 7. The number of hydrogen-bond donors (Lipinski definition) is 6. The van der Waals surface area contributed by atoms with Crippen LogP contribution < -0.4 is 21.9 Å². The zero-order chi connectivity index (χ0) is 34.9. The van der Waals surface area contributed by atoms with Gasteiger partial charge in [-0.05, 0) is 43.6 Å². The molecule has 2 saturated carbocycles. The first kappa shape index (κ1) is 33.0. The number of nitrogens with one attached hydrogen (secondary N) is 3. The van der Waals surface area contributed by atoms with Crippen LogP contribution in [0.3, 0.4) is 0 Å². The Morgan fingerprint density at radius 1 is 1.31 bits per heavy atom. The van der Waals surface area contributed by atoms with E-state index in [0.717, 1.165) is 0 Å². The molecule has 7 N–H and O–H groups in total. The maximum atomic E-state index is 13.1. The van der Waals surface area contributed by atoms with Crippen LogP contribution in [0.5, 0.6) is 0 Å². The molecule has 0 bridgehead atoms. The normalized spacial score (nSPS) is 35.1. The number of aliphatic hydroxyl groups excluding tert-OH is 2. The molecule has 5 aliphatic rings. The highest BCUT2D eigenvalue weighted by Crippen LogP contribution is 2.65. The van der Waals surface area contributed by atoms with Crippen molar-refractivity contribution in [1.29, 1.82) is 0 Å². The van der Waals surface area contributed by atoms with Crippen LogP contribution in [-0.4, -0.2) is 97.3 Å². The van der Waals surface area contributed by atoms with Gasteiger partial charge in [0.15, 0.2) is 11.2 Å². The number of carbonyl (C=O) groups is 2. The van der Waals surface area contributed by atoms with E-state index < -0.39 is 40.1 Å². The molecule has 16 heteroatoms. The number of aliphatic imine (C=N–C) groups is 2. The molecule has 7 rings (SSSR count). The number of allylic oxidation sites excluding steroid dienone is 1. The second-order valence-corrected chi connectivity index (χ2v) is 14.2. The number of carbonyl (C=O) groups excluding carboxylic acids is 2. The van der Waals surface area contributed by atoms with Crippen molar-refractivity contribution in [1.82, 2.24) is 30.2 Å². The van der Waals surface area contributed by atoms with Gasteiger partial charge in [-0.25, -0.2) is 19.8 Å². The van der Waals surface area contributed by atoms with Crippen molar-refractivity contribution in [3.8, 4) is 0 Å². The number of aromatic amines is 1. The molecule has 0 aromatic carbocycles. The number of hydrogen-bond acceptors (Lipinski definition) is 13. The largest absolute Gasteiger partial charge is 0.423 e. The minimum Gasteiger partial charge on any atom is -0.423 e. The lowest BCUT2D eigenvalue weighted by Gasteiger charge is -2.62. The molecule has 1 amide bonds. The number of aromatic nitrogens is 4. The van der Waals surface area contributed by atoms with Gasteiger partial charge in [0, 0.05) is 36.7 Å². The average Bonchev–Trinajstić information content (AvgIpc) is 3.33. The number of aliphatic hydroxyl groups is 2. The number of esters is 1. The van der Waals surface area contributed by atoms with Crippen LogP contribution in [0, 0.1) is 22.7 Å². The van der Waals surface area contributed by atoms with Crippen LogP contribution in [-0.2, 0) is 26.1 Å². The standard InChI is InChI=1S/C33H41N9O7/c1-16(26(45)41-30-35-9-10-36-30)37-21-13-20-31(2,8-7-22(44)32(20,3)14-43)19(33(21)15-48-33)6-5-17-11-18(49-28(17)47)12-23-38-24-25(42(23)4)39-29(34)40-27(24)46/h5-6,9,11-12,16,19-22,37,43-44H,7-8,10,13-15H2,1-4H3,(H,36,41,45)(H3,34,39,40,46)/b6-5+,18-12+/t16?,19?,20?,21?,22-,31-,32+,33?/m1/s1. The number of epoxide rings is 1. The van der Waals surface area contributed by atoms with Crippen molar-refractivity contribution < 1.29 is 29.3 Å². The number of fused-ring (bicyclic) bond motifs is 2. The lowest BCUT2D eigenvalue weighted by molar-refractivity contribution is -0.174. The Hall–Kier alpha value is -4.51. The number of aryl methyl sites for hydroxylation is 1. The van der Waals surface area contributed by atoms with Gasteiger partial charge < -0.3 is 35.3 Å². The van der Waals surface area contributed by atoms with Gasteiger partial charge in [-0.15, -0.1) is 0 Å². The molecular weight excluding hydrogens is 634 g/mol. The lowest BCUT2D eigenvalue weighted by Crippen LogP contribution is -2.67. The van der Waals surface area contributed by atoms with Crippen molar-refractivity contribution in [3.05, 3.63) is 45.7 Å². The summed E-state index contributed by atoms with van der Waals surface area (Å²) in [6.07, 6.45) is 9.51. The van der Waals surface area contributed by atoms with Crippen molar-refractivity contribution in [2.75, 3.05) is 25.5 Å². The second-order valence-electron chi connectivity index (χ2n) is 14.2. The van der Waals surface area contributed by atoms with Crippen LogP contribution in [0.15, 0.2) is 44.3 Å². The molecule has 8 atom stereocenters. The monoisotopic (exact) mass is 675 g/mol. The molecule has 3 aliphatic heterocycles. The zero-order valence-corrected chi connectivity index (χ0v) is 27.8. The van der Waals surface area contributed by atoms with E-state index in [1.54, 1.807) is 43.0 Å². The first-order chi connectivity index (χ1) is 23.3. The van der Waals surface area contributed by atoms with Crippen LogP contribution in [0.4, 0.5) is 5.95 Å². The van der Waals surface area contributed by atoms with Gasteiger partial charge in [0.2, 0.25) is 17.8 Å². The van der Waals surface area contributed by atoms with Gasteiger partial charge in [0.1, 0.15) is 17.2 Å². The summed E-state index contributed by atoms with van der Waals surface area (Å²) in [6.45, 7) is 6.50. The summed E-state index contributed by atoms with van der Waals surface area (Å²) in [5.74, 6) is -0.428. The first-order valence-electron chi connectivity index (χ1n) is 16.4. The van der Waals surface area contributed by atoms with E-state index in [-0.39, 0.29) is 53.6 Å². The summed E-state index contributed by atoms with van der Waals surface area (Å²) in [5.41, 5.74) is 4.02. The number of cyclic esters (lactones) is 1. The number of nitrogen functional groups attached to an aromatic ring is 1. The van der Waals surface area contributed by atoms with Crippen LogP contribution in [0.25, 0.3) is 17.2 Å². The summed E-state index contributed by atoms with van der Waals surface area (Å²) in [7, 11) is 1.68. The molecule has 2 aromatic heterocycles. The van der Waals surface area contributed by atoms with E-state index in [9.17, 15) is 24.6 Å². The van der Waals surface area contributed by atoms with E-state index in [1.807, 2.05) is 13.0 Å². The molecule has 1 spiro atoms. The number of anilines is 1. The van der Waals surface area contributed by atoms with Crippen molar-refractivity contribution in [3.63, 3.8) is 0 Å². The number of amides is 1. The molecule has 3 fully saturated rings. The predicted molar refractivity (Wildman–Crippen MR) is 179 cm³/mol. The molecule has 1 saturated heterocycles. The molecule has 16 nitrogen and oxygen atoms in total. The minimum absolute atomic E-state index is 0.0360. The predicted octanol–water partition coefficient (Wildman–Crippen LogP) is 0.0871. The number of nitrogens with zero attached hydrogens (tertiary/aromatic N) is 5. The molecule has 260 valence electrons. The highest BCUT2D eigenvalue weighted by Gasteiger charge is 2.70. The lowest BCUT2D eigenvalue weighted by atomic mass is 9.44. The average molecular weight is 676 g/mol. The number of ether oxygens (including phenoxy) is 2. The Morgan fingerprint density at radius 3 is 2.78 bits per heavy atom. The third kappa shape index (κ3) is 5.42. The molecule has 5 heterocycles. The van der Waals surface area contributed by atoms with Gasteiger partial charge in [0.05, 0.1) is 37.5 Å². The SMILES string of the molecule is CC(NC1CC2[C@](C)(CC[C@@H](O)[C@@]2(C)CO)C(/C=C/C2=CC(=C\c3nc4c(=O)[nH]c(N)nc4n3C)/OC2=O)C12CO2)C(=O)NC1=NCC=N1. The summed E-state index contributed by atoms with van der Waals surface area (Å²) >= 11 is 0. The van der Waals surface area contributed by atoms with E-state index in [0.29, 0.717) is 49.5 Å². The fourth-order valence-electron chi connectivity index (χ4n) is 8.45. The quantitative estimate of drug-likeness (QED) is 0.170. The molecule has 2 aliphatic carbocycles. The highest BCUT2D eigenvalue weighted by molar-refractivity contribution is 6.04. The summed E-state index contributed by atoms with van der Waals surface area (Å²) in [4.78, 5) is 57.7. The third-order valence-electron chi connectivity index (χ3n) is 11.3. The van der Waals surface area contributed by atoms with Gasteiger partial charge in [-0.3, -0.25) is 19.9 Å². The van der Waals surface area contributed by atoms with Crippen molar-refractivity contribution in [2.45, 2.75) is 63.8 Å². The first-order valence-corrected chi connectivity index (χ1v) is 16.4. The third-order valence-corrected chi connectivity index (χ3v) is 11.3. The molecular formula is C33H41N9O7. The van der Waals surface area contributed by atoms with Crippen molar-refractivity contribution >= 4 is 47.2 Å². The zero-order valence-electron chi connectivity index (χ0n) is 27.8. The Balaban J connectivity index is 1.20. The fraction of sp³-hybridized carbons (Fsp3) is 0.545. The van der Waals surface area contributed by atoms with E-state index in [4.69, 9.17) is 15.2 Å². The number of H-pyrrole nitrogens is 1. The van der Waals surface area contributed by atoms with E-state index in [1.165, 1.54) is 0 Å². The Labute approximate surface area is 281 Å². The van der Waals surface area contributed by atoms with E-state index >= 15 is 0 Å². The van der Waals surface area contributed by atoms with E-state index in [2.05, 4.69) is 42.5 Å². The van der Waals surface area contributed by atoms with Gasteiger partial charge in [-0.1, -0.05) is 26.0 Å². The topological polar surface area (TPSA) is 235 Å². The molecule has 49 heavy (non-hydrogen) atoms. The summed E-state index contributed by atoms with van der Waals surface area (Å²) in [6, 6.07) is -0.938. The van der Waals surface area contributed by atoms with Crippen LogP contribution in [0.2, 0.25) is 0 Å². The van der Waals surface area contributed by atoms with Gasteiger partial charge in [-0.2, -0.15) is 4.98 Å². The van der Waals surface area contributed by atoms with Crippen LogP contribution in [0.1, 0.15) is 45.9 Å². The summed E-state index contributed by atoms with van der Waals surface area (Å²) < 4.78 is 13.4. The van der Waals surface area contributed by atoms with Gasteiger partial charge >= 0.3 is 5.97 Å². The smallest absolute Gasteiger partial charge is 0.343 e. The Bertz CT molecular complexity index is 1940. The van der Waals surface area contributed by atoms with Gasteiger partial charge in [0.25, 0.3) is 5.56 Å². The Morgan fingerprint density at radius 2 is 2.08 bits per heavy atom. The van der Waals surface area contributed by atoms with Crippen molar-refractivity contribution in [2.24, 2.45) is 39.7 Å². The highest BCUT2D eigenvalue weighted by atomic mass is 16.6. The number of imidazole rings is 1.